The molecule has 5 rings (SSSR count). The zero-order valence-corrected chi connectivity index (χ0v) is 17.9. The van der Waals surface area contributed by atoms with Gasteiger partial charge >= 0.3 is 0 Å². The number of thiophene rings is 1. The number of benzene rings is 1. The molecule has 7 nitrogen and oxygen atoms in total. The van der Waals surface area contributed by atoms with Crippen molar-refractivity contribution in [3.05, 3.63) is 40.2 Å². The third kappa shape index (κ3) is 3.00. The number of H-pyrrole nitrogens is 1. The predicted molar refractivity (Wildman–Crippen MR) is 116 cm³/mol. The molecule has 152 valence electrons. The summed E-state index contributed by atoms with van der Waals surface area (Å²) in [4.78, 5) is 5.28. The number of halogens is 1. The van der Waals surface area contributed by atoms with Crippen molar-refractivity contribution in [2.24, 2.45) is 0 Å². The van der Waals surface area contributed by atoms with Crippen molar-refractivity contribution < 1.29 is 14.0 Å². The maximum Gasteiger partial charge on any atom is 0.231 e. The number of hydrogen-bond acceptors (Lipinski definition) is 5. The van der Waals surface area contributed by atoms with Crippen molar-refractivity contribution in [2.75, 3.05) is 20.3 Å². The molecular formula is C19H19ClN4O3S2. The third-order valence-corrected chi connectivity index (χ3v) is 8.68. The van der Waals surface area contributed by atoms with Gasteiger partial charge in [-0.3, -0.25) is 5.41 Å². The van der Waals surface area contributed by atoms with Crippen LogP contribution in [0, 0.1) is 5.41 Å². The number of aromatic nitrogens is 1. The minimum Gasteiger partial charge on any atom is -0.593 e. The number of aromatic amines is 1. The van der Waals surface area contributed by atoms with E-state index >= 15 is 0 Å². The minimum atomic E-state index is -1.43. The van der Waals surface area contributed by atoms with Crippen LogP contribution in [-0.2, 0) is 21.6 Å². The second kappa shape index (κ2) is 7.10. The van der Waals surface area contributed by atoms with Gasteiger partial charge in [0.1, 0.15) is 11.3 Å². The highest BCUT2D eigenvalue weighted by Crippen LogP contribution is 2.47. The van der Waals surface area contributed by atoms with Crippen molar-refractivity contribution >= 4 is 51.2 Å². The SMILES string of the molecule is COc1cccc2cc(-c3cc(Cl)c(C45CCOCC4[S+]([O-])NC(=N)N5)s3)[nH]c12. The van der Waals surface area contributed by atoms with Gasteiger partial charge in [-0.2, -0.15) is 4.72 Å². The lowest BCUT2D eigenvalue weighted by Gasteiger charge is -2.46. The summed E-state index contributed by atoms with van der Waals surface area (Å²) in [5.74, 6) is 0.825. The molecule has 0 saturated carbocycles. The van der Waals surface area contributed by atoms with E-state index in [4.69, 9.17) is 26.5 Å². The Morgan fingerprint density at radius 1 is 1.41 bits per heavy atom. The number of hydrogen-bond donors (Lipinski definition) is 4. The molecule has 3 atom stereocenters. The average Bonchev–Trinajstić information content (AvgIpc) is 3.31. The molecule has 0 amide bonds. The monoisotopic (exact) mass is 450 g/mol. The Kier molecular flexibility index (Phi) is 4.67. The van der Waals surface area contributed by atoms with Crippen LogP contribution >= 0.6 is 22.9 Å². The lowest BCUT2D eigenvalue weighted by molar-refractivity contribution is 0.0469. The normalized spacial score (nSPS) is 26.7. The zero-order valence-electron chi connectivity index (χ0n) is 15.5. The minimum absolute atomic E-state index is 0.0443. The number of nitrogens with one attached hydrogen (secondary N) is 4. The van der Waals surface area contributed by atoms with Crippen LogP contribution in [0.15, 0.2) is 30.3 Å². The number of guanidine groups is 1. The maximum atomic E-state index is 12.7. The molecule has 0 spiro atoms. The summed E-state index contributed by atoms with van der Waals surface area (Å²) >= 11 is 6.82. The molecule has 10 heteroatoms. The molecule has 3 unspecified atom stereocenters. The van der Waals surface area contributed by atoms with Gasteiger partial charge in [0.25, 0.3) is 0 Å². The molecule has 2 aliphatic rings. The van der Waals surface area contributed by atoms with E-state index in [1.807, 2.05) is 24.3 Å². The summed E-state index contributed by atoms with van der Waals surface area (Å²) in [6.45, 7) is 0.855. The van der Waals surface area contributed by atoms with Crippen LogP contribution in [-0.4, -0.2) is 41.1 Å². The number of methoxy groups -OCH3 is 1. The van der Waals surface area contributed by atoms with E-state index in [1.54, 1.807) is 18.4 Å². The van der Waals surface area contributed by atoms with Crippen molar-refractivity contribution in [1.29, 1.82) is 5.41 Å². The lowest BCUT2D eigenvalue weighted by Crippen LogP contribution is -2.69. The van der Waals surface area contributed by atoms with E-state index in [0.717, 1.165) is 32.1 Å². The first-order valence-electron chi connectivity index (χ1n) is 9.09. The van der Waals surface area contributed by atoms with Gasteiger partial charge in [0.2, 0.25) is 5.96 Å². The van der Waals surface area contributed by atoms with Crippen LogP contribution in [0.4, 0.5) is 0 Å². The lowest BCUT2D eigenvalue weighted by atomic mass is 9.87. The highest BCUT2D eigenvalue weighted by molar-refractivity contribution is 7.90. The molecule has 0 radical (unpaired) electrons. The van der Waals surface area contributed by atoms with Gasteiger partial charge in [-0.1, -0.05) is 23.7 Å². The highest BCUT2D eigenvalue weighted by Gasteiger charge is 2.56. The van der Waals surface area contributed by atoms with Crippen LogP contribution in [0.2, 0.25) is 5.02 Å². The summed E-state index contributed by atoms with van der Waals surface area (Å²) in [6, 6.07) is 9.90. The number of ether oxygens (including phenoxy) is 2. The Balaban J connectivity index is 1.61. The molecule has 2 aromatic heterocycles. The fourth-order valence-corrected chi connectivity index (χ4v) is 7.15. The van der Waals surface area contributed by atoms with E-state index in [9.17, 15) is 4.55 Å². The first-order chi connectivity index (χ1) is 14.0. The highest BCUT2D eigenvalue weighted by atomic mass is 35.5. The quantitative estimate of drug-likeness (QED) is 0.458. The number of rotatable bonds is 3. The van der Waals surface area contributed by atoms with Gasteiger partial charge in [-0.25, -0.2) is 0 Å². The molecule has 0 bridgehead atoms. The third-order valence-electron chi connectivity index (χ3n) is 5.46. The second-order valence-corrected chi connectivity index (χ2v) is 9.91. The first-order valence-corrected chi connectivity index (χ1v) is 11.5. The Hall–Kier alpha value is -1.91. The summed E-state index contributed by atoms with van der Waals surface area (Å²) < 4.78 is 26.4. The van der Waals surface area contributed by atoms with Crippen LogP contribution in [0.1, 0.15) is 11.3 Å². The van der Waals surface area contributed by atoms with E-state index in [0.29, 0.717) is 24.7 Å². The molecule has 4 heterocycles. The van der Waals surface area contributed by atoms with Crippen molar-refractivity contribution in [1.82, 2.24) is 15.0 Å². The fraction of sp³-hybridized carbons (Fsp3) is 0.316. The topological polar surface area (TPSA) is 105 Å². The molecule has 2 saturated heterocycles. The van der Waals surface area contributed by atoms with Gasteiger partial charge in [0.05, 0.1) is 51.1 Å². The molecule has 0 aliphatic carbocycles. The van der Waals surface area contributed by atoms with E-state index in [1.165, 1.54) is 0 Å². The standard InChI is InChI=1S/C19H19ClN4O3S2/c1-26-13-4-2-3-10-7-12(22-16(10)13)14-8-11(20)17(28-14)19-5-6-27-9-15(19)29(25)24-18(21)23-19/h2-4,7-8,15,22H,5-6,9H2,1H3,(H3,21,23,24). The Morgan fingerprint density at radius 2 is 2.28 bits per heavy atom. The fourth-order valence-electron chi connectivity index (χ4n) is 4.09. The smallest absolute Gasteiger partial charge is 0.231 e. The largest absolute Gasteiger partial charge is 0.593 e. The van der Waals surface area contributed by atoms with Gasteiger partial charge < -0.3 is 24.3 Å². The number of fused-ring (bicyclic) bond motifs is 2. The van der Waals surface area contributed by atoms with E-state index < -0.39 is 16.9 Å². The Bertz CT molecular complexity index is 1100. The van der Waals surface area contributed by atoms with Crippen LogP contribution in [0.5, 0.6) is 5.75 Å². The molecule has 2 fully saturated rings. The predicted octanol–water partition coefficient (Wildman–Crippen LogP) is 3.33. The molecule has 3 aromatic rings. The molecule has 29 heavy (non-hydrogen) atoms. The van der Waals surface area contributed by atoms with Crippen LogP contribution in [0.3, 0.4) is 0 Å². The summed E-state index contributed by atoms with van der Waals surface area (Å²) in [5.41, 5.74) is 1.18. The Labute approximate surface area is 179 Å². The van der Waals surface area contributed by atoms with Crippen LogP contribution in [0.25, 0.3) is 21.5 Å². The van der Waals surface area contributed by atoms with Crippen molar-refractivity contribution in [3.8, 4) is 16.3 Å². The molecule has 4 N–H and O–H groups in total. The van der Waals surface area contributed by atoms with Gasteiger partial charge in [-0.05, 0) is 18.2 Å². The average molecular weight is 451 g/mol. The first kappa shape index (κ1) is 19.1. The number of para-hydroxylation sites is 1. The van der Waals surface area contributed by atoms with E-state index in [-0.39, 0.29) is 11.2 Å². The van der Waals surface area contributed by atoms with Crippen LogP contribution < -0.4 is 14.8 Å². The molecule has 1 aromatic carbocycles. The zero-order chi connectivity index (χ0) is 20.2. The van der Waals surface area contributed by atoms with E-state index in [2.05, 4.69) is 21.1 Å². The van der Waals surface area contributed by atoms with Gasteiger partial charge in [-0.15, -0.1) is 11.3 Å². The molecular weight excluding hydrogens is 432 g/mol. The van der Waals surface area contributed by atoms with Gasteiger partial charge in [0, 0.05) is 18.4 Å². The maximum absolute atomic E-state index is 12.7. The second-order valence-electron chi connectivity index (χ2n) is 7.08. The summed E-state index contributed by atoms with van der Waals surface area (Å²) in [7, 11) is 1.65. The van der Waals surface area contributed by atoms with Gasteiger partial charge in [0.15, 0.2) is 5.25 Å². The summed E-state index contributed by atoms with van der Waals surface area (Å²) in [5, 5.41) is 12.6. The van der Waals surface area contributed by atoms with Crippen molar-refractivity contribution in [3.63, 3.8) is 0 Å². The molecule has 2 aliphatic heterocycles. The Morgan fingerprint density at radius 3 is 3.10 bits per heavy atom. The summed E-state index contributed by atoms with van der Waals surface area (Å²) in [6.07, 6.45) is 0.591. The van der Waals surface area contributed by atoms with Crippen molar-refractivity contribution in [2.45, 2.75) is 17.2 Å².